The van der Waals surface area contributed by atoms with Gasteiger partial charge < -0.3 is 0 Å². The summed E-state index contributed by atoms with van der Waals surface area (Å²) in [6.45, 7) is 0. The molecule has 154 valence electrons. The number of hydrogen-bond donors (Lipinski definition) is 0. The Balaban J connectivity index is 1.58. The Hall–Kier alpha value is -4.10. The predicted octanol–water partition coefficient (Wildman–Crippen LogP) is 4.45. The Morgan fingerprint density at radius 1 is 0.906 bits per heavy atom. The van der Waals surface area contributed by atoms with Crippen molar-refractivity contribution in [2.75, 3.05) is 0 Å². The summed E-state index contributed by atoms with van der Waals surface area (Å²) in [5.41, 5.74) is 4.58. The molecular formula is C25H15FN4OS. The Labute approximate surface area is 185 Å². The van der Waals surface area contributed by atoms with E-state index in [0.717, 1.165) is 27.8 Å². The molecule has 6 aromatic rings. The molecule has 3 heterocycles. The van der Waals surface area contributed by atoms with Crippen molar-refractivity contribution in [3.05, 3.63) is 111 Å². The SMILES string of the molecule is O=c1/c(=C/c2cn(-c3ccccc3)nc2-c2ccc(F)cc2)sc2nc3ccccc3n12. The lowest BCUT2D eigenvalue weighted by molar-refractivity contribution is 0.628. The van der Waals surface area contributed by atoms with Crippen LogP contribution in [0.5, 0.6) is 0 Å². The monoisotopic (exact) mass is 438 g/mol. The molecule has 6 rings (SSSR count). The van der Waals surface area contributed by atoms with E-state index >= 15 is 0 Å². The van der Waals surface area contributed by atoms with Gasteiger partial charge in [-0.3, -0.25) is 4.79 Å². The van der Waals surface area contributed by atoms with Crippen molar-refractivity contribution < 1.29 is 4.39 Å². The lowest BCUT2D eigenvalue weighted by Crippen LogP contribution is -2.22. The molecule has 32 heavy (non-hydrogen) atoms. The van der Waals surface area contributed by atoms with Crippen molar-refractivity contribution in [2.45, 2.75) is 0 Å². The zero-order valence-corrected chi connectivity index (χ0v) is 17.5. The number of hydrogen-bond acceptors (Lipinski definition) is 4. The fourth-order valence-electron chi connectivity index (χ4n) is 3.79. The van der Waals surface area contributed by atoms with E-state index in [1.807, 2.05) is 66.9 Å². The van der Waals surface area contributed by atoms with E-state index in [-0.39, 0.29) is 11.4 Å². The van der Waals surface area contributed by atoms with Gasteiger partial charge in [-0.15, -0.1) is 0 Å². The van der Waals surface area contributed by atoms with Gasteiger partial charge in [0.15, 0.2) is 4.96 Å². The van der Waals surface area contributed by atoms with Crippen molar-refractivity contribution in [1.29, 1.82) is 0 Å². The number of fused-ring (bicyclic) bond motifs is 3. The highest BCUT2D eigenvalue weighted by molar-refractivity contribution is 7.15. The van der Waals surface area contributed by atoms with Crippen molar-refractivity contribution in [3.63, 3.8) is 0 Å². The number of aromatic nitrogens is 4. The maximum absolute atomic E-state index is 13.5. The number of imidazole rings is 1. The van der Waals surface area contributed by atoms with E-state index < -0.39 is 0 Å². The average Bonchev–Trinajstić information content (AvgIpc) is 3.48. The van der Waals surface area contributed by atoms with Gasteiger partial charge in [-0.2, -0.15) is 5.10 Å². The van der Waals surface area contributed by atoms with E-state index in [0.29, 0.717) is 15.2 Å². The van der Waals surface area contributed by atoms with Crippen LogP contribution in [0.1, 0.15) is 5.56 Å². The summed E-state index contributed by atoms with van der Waals surface area (Å²) in [6, 6.07) is 23.5. The third-order valence-corrected chi connectivity index (χ3v) is 6.28. The number of benzene rings is 3. The zero-order chi connectivity index (χ0) is 21.7. The van der Waals surface area contributed by atoms with Gasteiger partial charge in [0.25, 0.3) is 5.56 Å². The number of nitrogens with zero attached hydrogens (tertiary/aromatic N) is 4. The largest absolute Gasteiger partial charge is 0.274 e. The van der Waals surface area contributed by atoms with Crippen LogP contribution in [-0.4, -0.2) is 19.2 Å². The maximum atomic E-state index is 13.5. The van der Waals surface area contributed by atoms with Gasteiger partial charge in [-0.25, -0.2) is 18.5 Å². The minimum atomic E-state index is -0.310. The Morgan fingerprint density at radius 3 is 2.47 bits per heavy atom. The summed E-state index contributed by atoms with van der Waals surface area (Å²) in [5, 5.41) is 4.74. The van der Waals surface area contributed by atoms with Crippen molar-refractivity contribution in [2.24, 2.45) is 0 Å². The summed E-state index contributed by atoms with van der Waals surface area (Å²) in [4.78, 5) is 18.4. The quantitative estimate of drug-likeness (QED) is 0.410. The van der Waals surface area contributed by atoms with Crippen LogP contribution in [-0.2, 0) is 0 Å². The normalized spacial score (nSPS) is 12.2. The van der Waals surface area contributed by atoms with Gasteiger partial charge in [-0.1, -0.05) is 41.7 Å². The molecule has 0 amide bonds. The molecule has 0 spiro atoms. The topological polar surface area (TPSA) is 52.2 Å². The standard InChI is InChI=1S/C25H15FN4OS/c26-18-12-10-16(11-13-18)23-17(15-29(28-23)19-6-2-1-3-7-19)14-22-24(31)30-21-9-5-4-8-20(21)27-25(30)32-22/h1-15H/b22-14-. The van der Waals surface area contributed by atoms with Crippen LogP contribution >= 0.6 is 11.3 Å². The number of halogens is 1. The molecule has 0 saturated carbocycles. The van der Waals surface area contributed by atoms with E-state index in [2.05, 4.69) is 4.98 Å². The Bertz CT molecular complexity index is 1700. The molecule has 0 bridgehead atoms. The molecule has 0 saturated heterocycles. The van der Waals surface area contributed by atoms with Gasteiger partial charge in [0, 0.05) is 17.3 Å². The second-order valence-electron chi connectivity index (χ2n) is 7.35. The van der Waals surface area contributed by atoms with Crippen LogP contribution in [0.25, 0.3) is 39.0 Å². The second kappa shape index (κ2) is 7.25. The fraction of sp³-hybridized carbons (Fsp3) is 0. The molecule has 3 aromatic heterocycles. The fourth-order valence-corrected chi connectivity index (χ4v) is 4.77. The average molecular weight is 438 g/mol. The van der Waals surface area contributed by atoms with Gasteiger partial charge in [-0.05, 0) is 54.6 Å². The van der Waals surface area contributed by atoms with E-state index in [4.69, 9.17) is 5.10 Å². The summed E-state index contributed by atoms with van der Waals surface area (Å²) >= 11 is 1.34. The number of rotatable bonds is 3. The lowest BCUT2D eigenvalue weighted by atomic mass is 10.1. The molecule has 0 fully saturated rings. The summed E-state index contributed by atoms with van der Waals surface area (Å²) < 4.78 is 17.5. The van der Waals surface area contributed by atoms with E-state index in [9.17, 15) is 9.18 Å². The first-order valence-electron chi connectivity index (χ1n) is 10.0. The minimum absolute atomic E-state index is 0.115. The second-order valence-corrected chi connectivity index (χ2v) is 8.36. The Morgan fingerprint density at radius 2 is 1.66 bits per heavy atom. The van der Waals surface area contributed by atoms with Gasteiger partial charge in [0.2, 0.25) is 0 Å². The van der Waals surface area contributed by atoms with Gasteiger partial charge in [0.1, 0.15) is 11.5 Å². The third kappa shape index (κ3) is 3.02. The molecule has 0 N–H and O–H groups in total. The highest BCUT2D eigenvalue weighted by Crippen LogP contribution is 2.25. The molecule has 7 heteroatoms. The zero-order valence-electron chi connectivity index (χ0n) is 16.6. The smallest absolute Gasteiger partial charge is 0.267 e. The van der Waals surface area contributed by atoms with Gasteiger partial charge in [0.05, 0.1) is 21.3 Å². The molecule has 5 nitrogen and oxygen atoms in total. The van der Waals surface area contributed by atoms with Crippen molar-refractivity contribution >= 4 is 33.4 Å². The van der Waals surface area contributed by atoms with Crippen LogP contribution in [0.4, 0.5) is 4.39 Å². The Kier molecular flexibility index (Phi) is 4.22. The van der Waals surface area contributed by atoms with Crippen LogP contribution in [0.15, 0.2) is 89.9 Å². The number of thiazole rings is 1. The minimum Gasteiger partial charge on any atom is -0.267 e. The van der Waals surface area contributed by atoms with Gasteiger partial charge >= 0.3 is 0 Å². The van der Waals surface area contributed by atoms with Crippen molar-refractivity contribution in [1.82, 2.24) is 19.2 Å². The van der Waals surface area contributed by atoms with Crippen LogP contribution in [0, 0.1) is 5.82 Å². The molecule has 0 atom stereocenters. The third-order valence-electron chi connectivity index (χ3n) is 5.31. The first-order chi connectivity index (χ1) is 15.7. The lowest BCUT2D eigenvalue weighted by Gasteiger charge is -2.00. The summed E-state index contributed by atoms with van der Waals surface area (Å²) in [5.74, 6) is -0.310. The highest BCUT2D eigenvalue weighted by Gasteiger charge is 2.14. The molecule has 0 aliphatic heterocycles. The van der Waals surface area contributed by atoms with Crippen LogP contribution in [0.2, 0.25) is 0 Å². The molecule has 3 aromatic carbocycles. The molecule has 0 aliphatic carbocycles. The number of para-hydroxylation sites is 3. The molecular weight excluding hydrogens is 423 g/mol. The highest BCUT2D eigenvalue weighted by atomic mass is 32.1. The van der Waals surface area contributed by atoms with E-state index in [1.165, 1.54) is 23.5 Å². The molecule has 0 unspecified atom stereocenters. The first-order valence-corrected chi connectivity index (χ1v) is 10.8. The van der Waals surface area contributed by atoms with Crippen molar-refractivity contribution in [3.8, 4) is 16.9 Å². The predicted molar refractivity (Wildman–Crippen MR) is 125 cm³/mol. The summed E-state index contributed by atoms with van der Waals surface area (Å²) in [6.07, 6.45) is 3.72. The molecule has 0 aliphatic rings. The van der Waals surface area contributed by atoms with E-state index in [1.54, 1.807) is 21.2 Å². The van der Waals surface area contributed by atoms with Crippen LogP contribution in [0.3, 0.4) is 0 Å². The maximum Gasteiger partial charge on any atom is 0.274 e. The molecule has 0 radical (unpaired) electrons. The van der Waals surface area contributed by atoms with Crippen LogP contribution < -0.4 is 10.1 Å². The first kappa shape index (κ1) is 18.7. The summed E-state index contributed by atoms with van der Waals surface area (Å²) in [7, 11) is 0.